The Labute approximate surface area is 118 Å². The Morgan fingerprint density at radius 3 is 2.68 bits per heavy atom. The molecule has 1 heterocycles. The van der Waals surface area contributed by atoms with Crippen LogP contribution < -0.4 is 10.6 Å². The molecule has 1 atom stereocenters. The molecule has 19 heavy (non-hydrogen) atoms. The fourth-order valence-electron chi connectivity index (χ4n) is 1.58. The van der Waals surface area contributed by atoms with E-state index in [2.05, 4.69) is 15.6 Å². The lowest BCUT2D eigenvalue weighted by Gasteiger charge is -2.21. The van der Waals surface area contributed by atoms with Crippen molar-refractivity contribution in [2.24, 2.45) is 5.92 Å². The fraction of sp³-hybridized carbons (Fsp3) is 0.538. The van der Waals surface area contributed by atoms with Crippen molar-refractivity contribution in [1.82, 2.24) is 10.3 Å². The summed E-state index contributed by atoms with van der Waals surface area (Å²) in [5.74, 6) is 0.632. The zero-order chi connectivity index (χ0) is 14.4. The van der Waals surface area contributed by atoms with Crippen molar-refractivity contribution in [3.05, 3.63) is 22.8 Å². The molecule has 0 aliphatic rings. The van der Waals surface area contributed by atoms with Gasteiger partial charge in [0.2, 0.25) is 0 Å². The number of hydrogen-bond donors (Lipinski definition) is 2. The number of methoxy groups -OCH3 is 1. The van der Waals surface area contributed by atoms with E-state index >= 15 is 0 Å². The zero-order valence-electron chi connectivity index (χ0n) is 11.7. The molecule has 0 saturated heterocycles. The second-order valence-electron chi connectivity index (χ2n) is 4.58. The van der Waals surface area contributed by atoms with Crippen LogP contribution in [-0.4, -0.2) is 37.7 Å². The SMILES string of the molecule is CNc1ncc(C(=O)NC(COC)C(C)C)cc1Cl. The van der Waals surface area contributed by atoms with Crippen molar-refractivity contribution in [2.45, 2.75) is 19.9 Å². The van der Waals surface area contributed by atoms with Gasteiger partial charge in [0.25, 0.3) is 5.91 Å². The molecule has 0 aromatic carbocycles. The molecule has 0 bridgehead atoms. The molecule has 1 amide bonds. The standard InChI is InChI=1S/C13H20ClN3O2/c1-8(2)11(7-19-4)17-13(18)9-5-10(14)12(15-3)16-6-9/h5-6,8,11H,7H2,1-4H3,(H,15,16)(H,17,18). The number of anilines is 1. The maximum atomic E-state index is 12.1. The predicted octanol–water partition coefficient (Wildman–Crippen LogP) is 2.18. The molecule has 2 N–H and O–H groups in total. The van der Waals surface area contributed by atoms with Crippen LogP contribution in [0, 0.1) is 5.92 Å². The third-order valence-corrected chi connectivity index (χ3v) is 3.10. The minimum absolute atomic E-state index is 0.0414. The summed E-state index contributed by atoms with van der Waals surface area (Å²) in [6.07, 6.45) is 1.50. The Bertz CT molecular complexity index is 438. The van der Waals surface area contributed by atoms with Crippen LogP contribution in [0.4, 0.5) is 5.82 Å². The van der Waals surface area contributed by atoms with E-state index in [1.807, 2.05) is 13.8 Å². The summed E-state index contributed by atoms with van der Waals surface area (Å²) in [6, 6.07) is 1.56. The molecule has 1 aromatic rings. The Kier molecular flexibility index (Phi) is 6.05. The van der Waals surface area contributed by atoms with E-state index in [-0.39, 0.29) is 17.9 Å². The number of carbonyl (C=O) groups excluding carboxylic acids is 1. The largest absolute Gasteiger partial charge is 0.383 e. The second kappa shape index (κ2) is 7.31. The first-order chi connectivity index (χ1) is 8.99. The molecule has 0 spiro atoms. The Balaban J connectivity index is 2.79. The van der Waals surface area contributed by atoms with Gasteiger partial charge in [0.1, 0.15) is 5.82 Å². The summed E-state index contributed by atoms with van der Waals surface area (Å²) < 4.78 is 5.10. The fourth-order valence-corrected chi connectivity index (χ4v) is 1.84. The van der Waals surface area contributed by atoms with Gasteiger partial charge in [0, 0.05) is 20.4 Å². The summed E-state index contributed by atoms with van der Waals surface area (Å²) in [5, 5.41) is 6.18. The van der Waals surface area contributed by atoms with Crippen LogP contribution in [0.5, 0.6) is 0 Å². The minimum atomic E-state index is -0.201. The number of amides is 1. The van der Waals surface area contributed by atoms with Crippen LogP contribution in [0.2, 0.25) is 5.02 Å². The number of nitrogens with one attached hydrogen (secondary N) is 2. The van der Waals surface area contributed by atoms with E-state index in [9.17, 15) is 4.79 Å². The third-order valence-electron chi connectivity index (χ3n) is 2.81. The van der Waals surface area contributed by atoms with Crippen LogP contribution in [0.25, 0.3) is 0 Å². The molecule has 1 rings (SSSR count). The van der Waals surface area contributed by atoms with Crippen molar-refractivity contribution < 1.29 is 9.53 Å². The first-order valence-electron chi connectivity index (χ1n) is 6.12. The number of nitrogens with zero attached hydrogens (tertiary/aromatic N) is 1. The van der Waals surface area contributed by atoms with Gasteiger partial charge >= 0.3 is 0 Å². The van der Waals surface area contributed by atoms with Crippen molar-refractivity contribution >= 4 is 23.3 Å². The number of hydrogen-bond acceptors (Lipinski definition) is 4. The quantitative estimate of drug-likeness (QED) is 0.841. The monoisotopic (exact) mass is 285 g/mol. The topological polar surface area (TPSA) is 63.2 Å². The highest BCUT2D eigenvalue weighted by Gasteiger charge is 2.17. The number of ether oxygens (including phenoxy) is 1. The molecule has 0 fully saturated rings. The highest BCUT2D eigenvalue weighted by atomic mass is 35.5. The number of carbonyl (C=O) groups is 1. The lowest BCUT2D eigenvalue weighted by Crippen LogP contribution is -2.41. The summed E-state index contributed by atoms with van der Waals surface area (Å²) in [4.78, 5) is 16.2. The maximum absolute atomic E-state index is 12.1. The van der Waals surface area contributed by atoms with E-state index in [4.69, 9.17) is 16.3 Å². The third kappa shape index (κ3) is 4.36. The molecule has 0 radical (unpaired) electrons. The van der Waals surface area contributed by atoms with Crippen LogP contribution in [0.15, 0.2) is 12.3 Å². The Morgan fingerprint density at radius 2 is 2.21 bits per heavy atom. The molecule has 6 heteroatoms. The number of pyridine rings is 1. The smallest absolute Gasteiger partial charge is 0.253 e. The van der Waals surface area contributed by atoms with Crippen LogP contribution in [-0.2, 0) is 4.74 Å². The average molecular weight is 286 g/mol. The molecule has 0 aliphatic carbocycles. The summed E-state index contributed by atoms with van der Waals surface area (Å²) in [6.45, 7) is 4.53. The number of halogens is 1. The van der Waals surface area contributed by atoms with E-state index in [1.165, 1.54) is 6.20 Å². The number of rotatable bonds is 6. The Morgan fingerprint density at radius 1 is 1.53 bits per heavy atom. The van der Waals surface area contributed by atoms with Crippen molar-refractivity contribution in [2.75, 3.05) is 26.1 Å². The predicted molar refractivity (Wildman–Crippen MR) is 76.8 cm³/mol. The van der Waals surface area contributed by atoms with Gasteiger partial charge in [0.05, 0.1) is 23.2 Å². The van der Waals surface area contributed by atoms with Gasteiger partial charge < -0.3 is 15.4 Å². The number of aromatic nitrogens is 1. The van der Waals surface area contributed by atoms with E-state index in [0.29, 0.717) is 23.0 Å². The highest BCUT2D eigenvalue weighted by Crippen LogP contribution is 2.19. The lowest BCUT2D eigenvalue weighted by atomic mass is 10.0. The second-order valence-corrected chi connectivity index (χ2v) is 4.99. The Hall–Kier alpha value is -1.33. The van der Waals surface area contributed by atoms with Gasteiger partial charge in [-0.15, -0.1) is 0 Å². The zero-order valence-corrected chi connectivity index (χ0v) is 12.4. The van der Waals surface area contributed by atoms with Gasteiger partial charge in [0.15, 0.2) is 0 Å². The average Bonchev–Trinajstić information content (AvgIpc) is 2.37. The van der Waals surface area contributed by atoms with Crippen molar-refractivity contribution in [1.29, 1.82) is 0 Å². The lowest BCUT2D eigenvalue weighted by molar-refractivity contribution is 0.0866. The molecule has 106 valence electrons. The molecule has 5 nitrogen and oxygen atoms in total. The molecule has 1 unspecified atom stereocenters. The van der Waals surface area contributed by atoms with Crippen LogP contribution >= 0.6 is 11.6 Å². The molecule has 0 aliphatic heterocycles. The summed E-state index contributed by atoms with van der Waals surface area (Å²) in [7, 11) is 3.34. The summed E-state index contributed by atoms with van der Waals surface area (Å²) in [5.41, 5.74) is 0.436. The van der Waals surface area contributed by atoms with E-state index in [1.54, 1.807) is 20.2 Å². The first-order valence-corrected chi connectivity index (χ1v) is 6.50. The molecular formula is C13H20ClN3O2. The van der Waals surface area contributed by atoms with Crippen molar-refractivity contribution in [3.63, 3.8) is 0 Å². The van der Waals surface area contributed by atoms with E-state index in [0.717, 1.165) is 0 Å². The van der Waals surface area contributed by atoms with E-state index < -0.39 is 0 Å². The van der Waals surface area contributed by atoms with Gasteiger partial charge in [-0.25, -0.2) is 4.98 Å². The molecule has 0 saturated carbocycles. The maximum Gasteiger partial charge on any atom is 0.253 e. The van der Waals surface area contributed by atoms with Gasteiger partial charge in [-0.2, -0.15) is 0 Å². The van der Waals surface area contributed by atoms with Crippen molar-refractivity contribution in [3.8, 4) is 0 Å². The van der Waals surface area contributed by atoms with Gasteiger partial charge in [-0.1, -0.05) is 25.4 Å². The minimum Gasteiger partial charge on any atom is -0.383 e. The molecular weight excluding hydrogens is 266 g/mol. The highest BCUT2D eigenvalue weighted by molar-refractivity contribution is 6.33. The first kappa shape index (κ1) is 15.7. The van der Waals surface area contributed by atoms with Gasteiger partial charge in [-0.05, 0) is 12.0 Å². The summed E-state index contributed by atoms with van der Waals surface area (Å²) >= 11 is 6.00. The normalized spacial score (nSPS) is 12.3. The van der Waals surface area contributed by atoms with Crippen LogP contribution in [0.3, 0.4) is 0 Å². The molecule has 1 aromatic heterocycles. The van der Waals surface area contributed by atoms with Crippen LogP contribution in [0.1, 0.15) is 24.2 Å². The van der Waals surface area contributed by atoms with Gasteiger partial charge in [-0.3, -0.25) is 4.79 Å².